The molecule has 0 fully saturated rings. The zero-order valence-electron chi connectivity index (χ0n) is 9.49. The highest BCUT2D eigenvalue weighted by Crippen LogP contribution is 1.92. The van der Waals surface area contributed by atoms with Gasteiger partial charge in [-0.1, -0.05) is 0 Å². The van der Waals surface area contributed by atoms with E-state index in [1.807, 2.05) is 0 Å². The molecule has 0 saturated heterocycles. The van der Waals surface area contributed by atoms with Gasteiger partial charge in [0.1, 0.15) is 9.84 Å². The van der Waals surface area contributed by atoms with Crippen LogP contribution in [-0.4, -0.2) is 45.5 Å². The topological polar surface area (TPSA) is 89.5 Å². The fraction of sp³-hybridized carbons (Fsp3) is 0.778. The van der Waals surface area contributed by atoms with Crippen molar-refractivity contribution in [3.63, 3.8) is 0 Å². The fourth-order valence-electron chi connectivity index (χ4n) is 0.913. The third kappa shape index (κ3) is 9.45. The number of carbonyl (C=O) groups excluding carboxylic acids is 2. The van der Waals surface area contributed by atoms with Crippen molar-refractivity contribution in [2.75, 3.05) is 25.2 Å². The number of esters is 1. The molecule has 1 amide bonds. The molecule has 0 saturated carbocycles. The van der Waals surface area contributed by atoms with E-state index in [1.54, 1.807) is 6.92 Å². The SMILES string of the molecule is CCOC(=O)CCC(=O)NCCS(C)(=O)=O. The van der Waals surface area contributed by atoms with Crippen LogP contribution in [0.15, 0.2) is 0 Å². The zero-order valence-corrected chi connectivity index (χ0v) is 10.3. The van der Waals surface area contributed by atoms with Crippen LogP contribution in [-0.2, 0) is 24.2 Å². The van der Waals surface area contributed by atoms with Gasteiger partial charge in [-0.15, -0.1) is 0 Å². The minimum Gasteiger partial charge on any atom is -0.466 e. The van der Waals surface area contributed by atoms with Gasteiger partial charge in [-0.3, -0.25) is 9.59 Å². The molecule has 7 heteroatoms. The predicted octanol–water partition coefficient (Wildman–Crippen LogP) is -0.509. The van der Waals surface area contributed by atoms with E-state index >= 15 is 0 Å². The first kappa shape index (κ1) is 14.9. The summed E-state index contributed by atoms with van der Waals surface area (Å²) >= 11 is 0. The van der Waals surface area contributed by atoms with Crippen LogP contribution in [0.1, 0.15) is 19.8 Å². The normalized spacial score (nSPS) is 10.9. The molecule has 0 unspecified atom stereocenters. The average molecular weight is 251 g/mol. The Bertz CT molecular complexity index is 336. The van der Waals surface area contributed by atoms with E-state index in [4.69, 9.17) is 0 Å². The number of sulfone groups is 1. The minimum atomic E-state index is -3.07. The van der Waals surface area contributed by atoms with Crippen molar-refractivity contribution >= 4 is 21.7 Å². The van der Waals surface area contributed by atoms with Gasteiger partial charge in [0, 0.05) is 19.2 Å². The lowest BCUT2D eigenvalue weighted by Gasteiger charge is -2.04. The van der Waals surface area contributed by atoms with E-state index in [1.165, 1.54) is 0 Å². The maximum Gasteiger partial charge on any atom is 0.306 e. The second-order valence-corrected chi connectivity index (χ2v) is 5.54. The highest BCUT2D eigenvalue weighted by atomic mass is 32.2. The second kappa shape index (κ2) is 7.21. The van der Waals surface area contributed by atoms with Crippen LogP contribution >= 0.6 is 0 Å². The molecule has 0 heterocycles. The van der Waals surface area contributed by atoms with E-state index in [-0.39, 0.29) is 37.7 Å². The quantitative estimate of drug-likeness (QED) is 0.615. The number of ether oxygens (including phenoxy) is 1. The Morgan fingerprint density at radius 1 is 1.25 bits per heavy atom. The Morgan fingerprint density at radius 2 is 1.88 bits per heavy atom. The van der Waals surface area contributed by atoms with Crippen LogP contribution in [0.3, 0.4) is 0 Å². The molecule has 0 aromatic rings. The average Bonchev–Trinajstić information content (AvgIpc) is 2.13. The zero-order chi connectivity index (χ0) is 12.6. The summed E-state index contributed by atoms with van der Waals surface area (Å²) < 4.78 is 26.1. The summed E-state index contributed by atoms with van der Waals surface area (Å²) in [5.74, 6) is -0.879. The van der Waals surface area contributed by atoms with Gasteiger partial charge >= 0.3 is 5.97 Å². The van der Waals surface area contributed by atoms with Gasteiger partial charge in [0.15, 0.2) is 0 Å². The molecule has 1 N–H and O–H groups in total. The van der Waals surface area contributed by atoms with Gasteiger partial charge in [0.05, 0.1) is 18.8 Å². The molecule has 0 aliphatic rings. The third-order valence-electron chi connectivity index (χ3n) is 1.66. The summed E-state index contributed by atoms with van der Waals surface area (Å²) in [7, 11) is -3.07. The first-order valence-corrected chi connectivity index (χ1v) is 7.01. The van der Waals surface area contributed by atoms with Gasteiger partial charge < -0.3 is 10.1 Å². The molecule has 16 heavy (non-hydrogen) atoms. The fourth-order valence-corrected chi connectivity index (χ4v) is 1.39. The van der Waals surface area contributed by atoms with E-state index in [2.05, 4.69) is 10.1 Å². The van der Waals surface area contributed by atoms with Crippen molar-refractivity contribution in [2.24, 2.45) is 0 Å². The standard InChI is InChI=1S/C9H17NO5S/c1-3-15-9(12)5-4-8(11)10-6-7-16(2,13)14/h3-7H2,1-2H3,(H,10,11). The van der Waals surface area contributed by atoms with Crippen molar-refractivity contribution in [3.05, 3.63) is 0 Å². The lowest BCUT2D eigenvalue weighted by atomic mass is 10.3. The molecule has 0 rings (SSSR count). The highest BCUT2D eigenvalue weighted by Gasteiger charge is 2.08. The van der Waals surface area contributed by atoms with E-state index in [0.717, 1.165) is 6.26 Å². The largest absolute Gasteiger partial charge is 0.466 e. The van der Waals surface area contributed by atoms with Crippen molar-refractivity contribution in [2.45, 2.75) is 19.8 Å². The van der Waals surface area contributed by atoms with Crippen LogP contribution in [0.4, 0.5) is 0 Å². The first-order valence-electron chi connectivity index (χ1n) is 4.95. The molecule has 0 aliphatic heterocycles. The maximum atomic E-state index is 11.1. The molecule has 0 spiro atoms. The molecule has 0 aromatic heterocycles. The Hall–Kier alpha value is -1.11. The van der Waals surface area contributed by atoms with E-state index in [0.29, 0.717) is 0 Å². The monoisotopic (exact) mass is 251 g/mol. The maximum absolute atomic E-state index is 11.1. The Labute approximate surface area is 95.3 Å². The molecule has 0 aliphatic carbocycles. The molecule has 0 atom stereocenters. The lowest BCUT2D eigenvalue weighted by Crippen LogP contribution is -2.29. The number of hydrogen-bond donors (Lipinski definition) is 1. The van der Waals surface area contributed by atoms with Gasteiger partial charge in [0.25, 0.3) is 0 Å². The Morgan fingerprint density at radius 3 is 2.38 bits per heavy atom. The number of amides is 1. The van der Waals surface area contributed by atoms with Crippen LogP contribution in [0.5, 0.6) is 0 Å². The van der Waals surface area contributed by atoms with E-state index in [9.17, 15) is 18.0 Å². The van der Waals surface area contributed by atoms with Crippen molar-refractivity contribution in [1.82, 2.24) is 5.32 Å². The number of rotatable bonds is 7. The molecule has 94 valence electrons. The van der Waals surface area contributed by atoms with Gasteiger partial charge in [-0.05, 0) is 6.92 Å². The van der Waals surface area contributed by atoms with Gasteiger partial charge in [-0.25, -0.2) is 8.42 Å². The molecule has 0 radical (unpaired) electrons. The van der Waals surface area contributed by atoms with E-state index < -0.39 is 15.8 Å². The summed E-state index contributed by atoms with van der Waals surface area (Å²) in [4.78, 5) is 22.0. The predicted molar refractivity (Wildman–Crippen MR) is 58.6 cm³/mol. The van der Waals surface area contributed by atoms with Crippen molar-refractivity contribution in [3.8, 4) is 0 Å². The number of nitrogens with one attached hydrogen (secondary N) is 1. The highest BCUT2D eigenvalue weighted by molar-refractivity contribution is 7.90. The molecular weight excluding hydrogens is 234 g/mol. The van der Waals surface area contributed by atoms with Crippen LogP contribution in [0, 0.1) is 0 Å². The summed E-state index contributed by atoms with van der Waals surface area (Å²) in [6, 6.07) is 0. The van der Waals surface area contributed by atoms with Crippen molar-refractivity contribution < 1.29 is 22.7 Å². The molecule has 0 bridgehead atoms. The lowest BCUT2D eigenvalue weighted by molar-refractivity contribution is -0.144. The summed E-state index contributed by atoms with van der Waals surface area (Å²) in [6.45, 7) is 2.04. The smallest absolute Gasteiger partial charge is 0.306 e. The molecular formula is C9H17NO5S. The minimum absolute atomic E-state index is 0.0124. The van der Waals surface area contributed by atoms with Gasteiger partial charge in [-0.2, -0.15) is 0 Å². The molecule has 6 nitrogen and oxygen atoms in total. The summed E-state index contributed by atoms with van der Waals surface area (Å²) in [5.41, 5.74) is 0. The number of carbonyl (C=O) groups is 2. The first-order chi connectivity index (χ1) is 7.35. The Balaban J connectivity index is 3.64. The van der Waals surface area contributed by atoms with Crippen molar-refractivity contribution in [1.29, 1.82) is 0 Å². The summed E-state index contributed by atoms with van der Waals surface area (Å²) in [5, 5.41) is 2.41. The van der Waals surface area contributed by atoms with Crippen LogP contribution in [0.2, 0.25) is 0 Å². The Kier molecular flexibility index (Phi) is 6.71. The third-order valence-corrected chi connectivity index (χ3v) is 2.60. The summed E-state index contributed by atoms with van der Waals surface area (Å²) in [6.07, 6.45) is 1.12. The second-order valence-electron chi connectivity index (χ2n) is 3.28. The number of hydrogen-bond acceptors (Lipinski definition) is 5. The van der Waals surface area contributed by atoms with Crippen LogP contribution < -0.4 is 5.32 Å². The van der Waals surface area contributed by atoms with Gasteiger partial charge in [0.2, 0.25) is 5.91 Å². The van der Waals surface area contributed by atoms with Crippen LogP contribution in [0.25, 0.3) is 0 Å². The molecule has 0 aromatic carbocycles.